The fourth-order valence-corrected chi connectivity index (χ4v) is 2.84. The molecule has 0 spiro atoms. The summed E-state index contributed by atoms with van der Waals surface area (Å²) < 4.78 is 10.3. The number of amides is 1. The van der Waals surface area contributed by atoms with E-state index in [1.165, 1.54) is 18.9 Å². The molecule has 0 saturated heterocycles. The lowest BCUT2D eigenvalue weighted by molar-refractivity contribution is -0.121. The fourth-order valence-electron chi connectivity index (χ4n) is 2.84. The van der Waals surface area contributed by atoms with Crippen molar-refractivity contribution >= 4 is 12.1 Å². The Morgan fingerprint density at radius 1 is 1.10 bits per heavy atom. The first-order valence-corrected chi connectivity index (χ1v) is 9.60. The second kappa shape index (κ2) is 11.8. The molecule has 0 aliphatic carbocycles. The van der Waals surface area contributed by atoms with Gasteiger partial charge in [0.25, 0.3) is 5.91 Å². The molecule has 8 heteroatoms. The fraction of sp³-hybridized carbons (Fsp3) is 0.364. The maximum atomic E-state index is 12.1. The Labute approximate surface area is 177 Å². The SMILES string of the molecule is COc1cccc(CN(C)CCN(C)CC(=O)NN=Cc2cccc(OC)c2O)c1. The van der Waals surface area contributed by atoms with Crippen LogP contribution in [-0.4, -0.2) is 75.0 Å². The van der Waals surface area contributed by atoms with Crippen LogP contribution in [0.3, 0.4) is 0 Å². The molecule has 0 aromatic heterocycles. The summed E-state index contributed by atoms with van der Waals surface area (Å²) in [5.41, 5.74) is 4.11. The summed E-state index contributed by atoms with van der Waals surface area (Å²) in [6.07, 6.45) is 1.39. The van der Waals surface area contributed by atoms with Gasteiger partial charge in [0.05, 0.1) is 27.0 Å². The first kappa shape index (κ1) is 23.2. The van der Waals surface area contributed by atoms with E-state index in [1.807, 2.05) is 37.2 Å². The van der Waals surface area contributed by atoms with Crippen LogP contribution >= 0.6 is 0 Å². The van der Waals surface area contributed by atoms with E-state index >= 15 is 0 Å². The molecule has 2 aromatic rings. The number of methoxy groups -OCH3 is 2. The molecular formula is C22H30N4O4. The molecule has 0 fully saturated rings. The zero-order chi connectivity index (χ0) is 21.9. The predicted octanol–water partition coefficient (Wildman–Crippen LogP) is 1.92. The molecule has 0 aliphatic rings. The monoisotopic (exact) mass is 414 g/mol. The maximum absolute atomic E-state index is 12.1. The van der Waals surface area contributed by atoms with Crippen LogP contribution in [0.2, 0.25) is 0 Å². The lowest BCUT2D eigenvalue weighted by Gasteiger charge is -2.21. The number of hydrogen-bond donors (Lipinski definition) is 2. The highest BCUT2D eigenvalue weighted by atomic mass is 16.5. The Balaban J connectivity index is 1.73. The molecule has 1 amide bonds. The minimum atomic E-state index is -0.230. The van der Waals surface area contributed by atoms with Crippen molar-refractivity contribution in [3.05, 3.63) is 53.6 Å². The number of rotatable bonds is 11. The van der Waals surface area contributed by atoms with E-state index in [1.54, 1.807) is 25.3 Å². The Hall–Kier alpha value is -3.10. The number of likely N-dealkylation sites (N-methyl/N-ethyl adjacent to an activating group) is 2. The molecule has 0 aliphatic heterocycles. The van der Waals surface area contributed by atoms with Crippen LogP contribution in [-0.2, 0) is 11.3 Å². The molecule has 0 atom stereocenters. The second-order valence-electron chi connectivity index (χ2n) is 7.02. The van der Waals surface area contributed by atoms with Gasteiger partial charge in [-0.05, 0) is 43.9 Å². The molecule has 0 unspecified atom stereocenters. The number of aromatic hydroxyl groups is 1. The summed E-state index contributed by atoms with van der Waals surface area (Å²) in [6, 6.07) is 13.0. The van der Waals surface area contributed by atoms with E-state index in [4.69, 9.17) is 9.47 Å². The van der Waals surface area contributed by atoms with Crippen molar-refractivity contribution in [2.75, 3.05) is 47.9 Å². The average molecular weight is 415 g/mol. The second-order valence-corrected chi connectivity index (χ2v) is 7.02. The van der Waals surface area contributed by atoms with Crippen LogP contribution in [0.25, 0.3) is 0 Å². The van der Waals surface area contributed by atoms with Gasteiger partial charge in [-0.25, -0.2) is 5.43 Å². The Bertz CT molecular complexity index is 857. The van der Waals surface area contributed by atoms with Crippen molar-refractivity contribution in [2.24, 2.45) is 5.10 Å². The number of para-hydroxylation sites is 1. The summed E-state index contributed by atoms with van der Waals surface area (Å²) in [5, 5.41) is 13.9. The molecule has 0 heterocycles. The summed E-state index contributed by atoms with van der Waals surface area (Å²) in [5.74, 6) is 0.946. The third-order valence-corrected chi connectivity index (χ3v) is 4.51. The number of benzene rings is 2. The maximum Gasteiger partial charge on any atom is 0.254 e. The van der Waals surface area contributed by atoms with Gasteiger partial charge < -0.3 is 19.5 Å². The number of phenolic OH excluding ortho intramolecular Hbond substituents is 1. The number of hydrazone groups is 1. The minimum Gasteiger partial charge on any atom is -0.504 e. The van der Waals surface area contributed by atoms with E-state index in [9.17, 15) is 9.90 Å². The van der Waals surface area contributed by atoms with Gasteiger partial charge in [0.2, 0.25) is 0 Å². The number of phenols is 1. The summed E-state index contributed by atoms with van der Waals surface area (Å²) in [4.78, 5) is 16.2. The summed E-state index contributed by atoms with van der Waals surface area (Å²) >= 11 is 0. The van der Waals surface area contributed by atoms with Crippen molar-refractivity contribution in [1.29, 1.82) is 0 Å². The zero-order valence-corrected chi connectivity index (χ0v) is 18.0. The molecule has 0 bridgehead atoms. The lowest BCUT2D eigenvalue weighted by atomic mass is 10.2. The van der Waals surface area contributed by atoms with Crippen LogP contribution in [0.15, 0.2) is 47.6 Å². The highest BCUT2D eigenvalue weighted by Crippen LogP contribution is 2.27. The van der Waals surface area contributed by atoms with Gasteiger partial charge >= 0.3 is 0 Å². The van der Waals surface area contributed by atoms with Crippen LogP contribution in [0.4, 0.5) is 0 Å². The van der Waals surface area contributed by atoms with E-state index in [0.29, 0.717) is 11.3 Å². The van der Waals surface area contributed by atoms with Crippen molar-refractivity contribution in [3.63, 3.8) is 0 Å². The standard InChI is InChI=1S/C22H30N4O4/c1-25(15-17-7-5-9-19(13-17)29-3)11-12-26(2)16-21(27)24-23-14-18-8-6-10-20(30-4)22(18)28/h5-10,13-14,28H,11-12,15-16H2,1-4H3,(H,24,27). The number of carbonyl (C=O) groups is 1. The normalized spacial score (nSPS) is 11.3. The number of carbonyl (C=O) groups excluding carboxylic acids is 1. The van der Waals surface area contributed by atoms with Gasteiger partial charge in [-0.3, -0.25) is 9.69 Å². The van der Waals surface area contributed by atoms with E-state index in [0.717, 1.165) is 25.4 Å². The van der Waals surface area contributed by atoms with Crippen molar-refractivity contribution in [2.45, 2.75) is 6.54 Å². The largest absolute Gasteiger partial charge is 0.504 e. The third-order valence-electron chi connectivity index (χ3n) is 4.51. The molecule has 8 nitrogen and oxygen atoms in total. The molecule has 2 N–H and O–H groups in total. The Kier molecular flexibility index (Phi) is 9.11. The smallest absolute Gasteiger partial charge is 0.254 e. The van der Waals surface area contributed by atoms with Crippen LogP contribution in [0.1, 0.15) is 11.1 Å². The molecule has 30 heavy (non-hydrogen) atoms. The van der Waals surface area contributed by atoms with Gasteiger partial charge in [0, 0.05) is 25.2 Å². The molecule has 162 valence electrons. The first-order valence-electron chi connectivity index (χ1n) is 9.60. The van der Waals surface area contributed by atoms with Crippen LogP contribution in [0, 0.1) is 0 Å². The zero-order valence-electron chi connectivity index (χ0n) is 18.0. The number of nitrogens with one attached hydrogen (secondary N) is 1. The molecule has 2 rings (SSSR count). The van der Waals surface area contributed by atoms with Crippen molar-refractivity contribution in [3.8, 4) is 17.2 Å². The molecule has 0 radical (unpaired) electrons. The van der Waals surface area contributed by atoms with Crippen LogP contribution in [0.5, 0.6) is 17.2 Å². The summed E-state index contributed by atoms with van der Waals surface area (Å²) in [7, 11) is 7.06. The number of nitrogens with zero attached hydrogens (tertiary/aromatic N) is 3. The molecular weight excluding hydrogens is 384 g/mol. The van der Waals surface area contributed by atoms with Crippen LogP contribution < -0.4 is 14.9 Å². The minimum absolute atomic E-state index is 0.0193. The number of hydrogen-bond acceptors (Lipinski definition) is 7. The van der Waals surface area contributed by atoms with Crippen molar-refractivity contribution < 1.29 is 19.4 Å². The van der Waals surface area contributed by atoms with E-state index in [-0.39, 0.29) is 18.2 Å². The van der Waals surface area contributed by atoms with Gasteiger partial charge in [-0.2, -0.15) is 5.10 Å². The molecule has 0 saturated carbocycles. The van der Waals surface area contributed by atoms with E-state index < -0.39 is 0 Å². The first-order chi connectivity index (χ1) is 14.4. The van der Waals surface area contributed by atoms with Gasteiger partial charge in [0.15, 0.2) is 11.5 Å². The predicted molar refractivity (Wildman–Crippen MR) is 117 cm³/mol. The quantitative estimate of drug-likeness (QED) is 0.432. The highest BCUT2D eigenvalue weighted by Gasteiger charge is 2.09. The van der Waals surface area contributed by atoms with Crippen molar-refractivity contribution in [1.82, 2.24) is 15.2 Å². The number of ether oxygens (including phenoxy) is 2. The Morgan fingerprint density at radius 2 is 1.83 bits per heavy atom. The summed E-state index contributed by atoms with van der Waals surface area (Å²) in [6.45, 7) is 2.55. The van der Waals surface area contributed by atoms with Gasteiger partial charge in [-0.1, -0.05) is 18.2 Å². The topological polar surface area (TPSA) is 86.6 Å². The van der Waals surface area contributed by atoms with E-state index in [2.05, 4.69) is 21.5 Å². The van der Waals surface area contributed by atoms with Gasteiger partial charge in [-0.15, -0.1) is 0 Å². The highest BCUT2D eigenvalue weighted by molar-refractivity contribution is 5.86. The average Bonchev–Trinajstić information content (AvgIpc) is 2.73. The molecule has 2 aromatic carbocycles. The Morgan fingerprint density at radius 3 is 2.57 bits per heavy atom. The third kappa shape index (κ3) is 7.38. The van der Waals surface area contributed by atoms with Gasteiger partial charge in [0.1, 0.15) is 5.75 Å². The lowest BCUT2D eigenvalue weighted by Crippen LogP contribution is -2.37.